The van der Waals surface area contributed by atoms with Gasteiger partial charge in [0.2, 0.25) is 0 Å². The summed E-state index contributed by atoms with van der Waals surface area (Å²) in [5, 5.41) is 1.24. The fourth-order valence-electron chi connectivity index (χ4n) is 3.58. The maximum absolute atomic E-state index is 6.76. The molecule has 0 aliphatic rings. The molecule has 2 aromatic heterocycles. The van der Waals surface area contributed by atoms with Crippen molar-refractivity contribution in [3.8, 4) is 11.1 Å². The fourth-order valence-corrected chi connectivity index (χ4v) is 4.24. The Labute approximate surface area is 180 Å². The van der Waals surface area contributed by atoms with Crippen LogP contribution < -0.4 is 4.90 Å². The van der Waals surface area contributed by atoms with Gasteiger partial charge in [-0.15, -0.1) is 0 Å². The van der Waals surface area contributed by atoms with E-state index >= 15 is 0 Å². The summed E-state index contributed by atoms with van der Waals surface area (Å²) in [6, 6.07) is 21.7. The second-order valence-electron chi connectivity index (χ2n) is 6.68. The summed E-state index contributed by atoms with van der Waals surface area (Å²) in [5.41, 5.74) is 4.98. The molecule has 29 heavy (non-hydrogen) atoms. The van der Waals surface area contributed by atoms with E-state index in [1.165, 1.54) is 0 Å². The van der Waals surface area contributed by atoms with Gasteiger partial charge in [0.1, 0.15) is 0 Å². The van der Waals surface area contributed by atoms with Gasteiger partial charge in [0.25, 0.3) is 0 Å². The largest absolute Gasteiger partial charge is 0.332 e. The lowest BCUT2D eigenvalue weighted by atomic mass is 9.94. The molecule has 0 spiro atoms. The van der Waals surface area contributed by atoms with Gasteiger partial charge >= 0.3 is 0 Å². The van der Waals surface area contributed by atoms with Crippen molar-refractivity contribution in [3.05, 3.63) is 107 Å². The first kappa shape index (κ1) is 19.4. The lowest BCUT2D eigenvalue weighted by Gasteiger charge is -2.33. The number of pyridine rings is 2. The van der Waals surface area contributed by atoms with Crippen LogP contribution >= 0.6 is 23.2 Å². The lowest BCUT2D eigenvalue weighted by Crippen LogP contribution is -2.22. The summed E-state index contributed by atoms with van der Waals surface area (Å²) in [6.45, 7) is 2.13. The highest BCUT2D eigenvalue weighted by Gasteiger charge is 2.24. The molecule has 0 aliphatic carbocycles. The van der Waals surface area contributed by atoms with Gasteiger partial charge in [-0.2, -0.15) is 0 Å². The van der Waals surface area contributed by atoms with Gasteiger partial charge in [0.05, 0.1) is 29.8 Å². The van der Waals surface area contributed by atoms with Crippen LogP contribution in [0.1, 0.15) is 18.5 Å². The van der Waals surface area contributed by atoms with Gasteiger partial charge in [-0.1, -0.05) is 53.5 Å². The molecule has 1 atom stereocenters. The highest BCUT2D eigenvalue weighted by molar-refractivity contribution is 6.35. The predicted molar refractivity (Wildman–Crippen MR) is 121 cm³/mol. The number of hydrogen-bond donors (Lipinski definition) is 0. The Morgan fingerprint density at radius 2 is 1.41 bits per heavy atom. The molecule has 0 N–H and O–H groups in total. The average Bonchev–Trinajstić information content (AvgIpc) is 2.75. The van der Waals surface area contributed by atoms with E-state index < -0.39 is 0 Å². The van der Waals surface area contributed by atoms with Crippen molar-refractivity contribution in [2.24, 2.45) is 0 Å². The van der Waals surface area contributed by atoms with Gasteiger partial charge in [-0.25, -0.2) is 0 Å². The van der Waals surface area contributed by atoms with E-state index in [0.717, 1.165) is 28.1 Å². The Balaban J connectivity index is 1.91. The summed E-state index contributed by atoms with van der Waals surface area (Å²) in [4.78, 5) is 10.8. The molecule has 0 saturated carbocycles. The van der Waals surface area contributed by atoms with Gasteiger partial charge < -0.3 is 4.90 Å². The third-order valence-corrected chi connectivity index (χ3v) is 5.36. The number of halogens is 2. The Morgan fingerprint density at radius 3 is 1.97 bits per heavy atom. The van der Waals surface area contributed by atoms with Crippen LogP contribution in [0.2, 0.25) is 10.0 Å². The van der Waals surface area contributed by atoms with E-state index in [9.17, 15) is 0 Å². The molecule has 1 unspecified atom stereocenters. The Hall–Kier alpha value is -2.88. The van der Waals surface area contributed by atoms with Crippen molar-refractivity contribution in [2.45, 2.75) is 13.0 Å². The molecular formula is C24H19Cl2N3. The van der Waals surface area contributed by atoms with E-state index in [2.05, 4.69) is 33.9 Å². The van der Waals surface area contributed by atoms with Crippen LogP contribution in [0, 0.1) is 0 Å². The van der Waals surface area contributed by atoms with E-state index in [1.807, 2.05) is 60.9 Å². The van der Waals surface area contributed by atoms with E-state index in [0.29, 0.717) is 10.0 Å². The van der Waals surface area contributed by atoms with Crippen LogP contribution in [0.15, 0.2) is 91.5 Å². The molecule has 4 rings (SSSR count). The summed E-state index contributed by atoms with van der Waals surface area (Å²) < 4.78 is 0. The molecular weight excluding hydrogens is 401 g/mol. The van der Waals surface area contributed by atoms with E-state index in [4.69, 9.17) is 23.2 Å². The first-order valence-corrected chi connectivity index (χ1v) is 10.0. The molecule has 0 fully saturated rings. The van der Waals surface area contributed by atoms with Gasteiger partial charge in [-0.3, -0.25) is 9.97 Å². The molecule has 2 heterocycles. The molecule has 0 radical (unpaired) electrons. The molecule has 0 saturated heterocycles. The Morgan fingerprint density at radius 1 is 0.793 bits per heavy atom. The molecule has 0 bridgehead atoms. The second-order valence-corrected chi connectivity index (χ2v) is 7.53. The monoisotopic (exact) mass is 419 g/mol. The minimum atomic E-state index is -0.0941. The average molecular weight is 420 g/mol. The highest BCUT2D eigenvalue weighted by atomic mass is 35.5. The van der Waals surface area contributed by atoms with Crippen molar-refractivity contribution >= 4 is 34.6 Å². The molecule has 4 aromatic rings. The molecule has 0 amide bonds. The zero-order valence-corrected chi connectivity index (χ0v) is 17.3. The maximum atomic E-state index is 6.76. The number of aromatic nitrogens is 2. The van der Waals surface area contributed by atoms with Gasteiger partial charge in [0.15, 0.2) is 0 Å². The zero-order chi connectivity index (χ0) is 20.2. The highest BCUT2D eigenvalue weighted by Crippen LogP contribution is 2.42. The van der Waals surface area contributed by atoms with E-state index in [1.54, 1.807) is 18.5 Å². The van der Waals surface area contributed by atoms with Crippen LogP contribution in [0.25, 0.3) is 11.1 Å². The molecule has 2 aromatic carbocycles. The number of hydrogen-bond acceptors (Lipinski definition) is 3. The Kier molecular flexibility index (Phi) is 5.79. The van der Waals surface area contributed by atoms with Crippen molar-refractivity contribution in [3.63, 3.8) is 0 Å². The summed E-state index contributed by atoms with van der Waals surface area (Å²) in [7, 11) is 0. The zero-order valence-electron chi connectivity index (χ0n) is 15.8. The van der Waals surface area contributed by atoms with Crippen LogP contribution in [0.4, 0.5) is 11.4 Å². The Bertz CT molecular complexity index is 1050. The lowest BCUT2D eigenvalue weighted by molar-refractivity contribution is 0.772. The molecule has 144 valence electrons. The summed E-state index contributed by atoms with van der Waals surface area (Å²) in [6.07, 6.45) is 7.21. The minimum absolute atomic E-state index is 0.0941. The summed E-state index contributed by atoms with van der Waals surface area (Å²) >= 11 is 13.1. The first-order valence-electron chi connectivity index (χ1n) is 9.29. The minimum Gasteiger partial charge on any atom is -0.332 e. The van der Waals surface area contributed by atoms with Crippen molar-refractivity contribution < 1.29 is 0 Å². The standard InChI is InChI=1S/C24H19Cl2N3/c1-17(29(20-9-5-11-27-15-20)21-10-6-12-28-16-21)24-22(13-19(25)14-23(24)26)18-7-3-2-4-8-18/h2-17H,1H3. The summed E-state index contributed by atoms with van der Waals surface area (Å²) in [5.74, 6) is 0. The van der Waals surface area contributed by atoms with Crippen LogP contribution in [-0.4, -0.2) is 9.97 Å². The second kappa shape index (κ2) is 8.64. The number of benzene rings is 2. The third kappa shape index (κ3) is 4.12. The maximum Gasteiger partial charge on any atom is 0.0603 e. The third-order valence-electron chi connectivity index (χ3n) is 4.83. The van der Waals surface area contributed by atoms with Gasteiger partial charge in [-0.05, 0) is 54.4 Å². The number of rotatable bonds is 5. The smallest absolute Gasteiger partial charge is 0.0603 e. The topological polar surface area (TPSA) is 29.0 Å². The van der Waals surface area contributed by atoms with Crippen LogP contribution in [-0.2, 0) is 0 Å². The van der Waals surface area contributed by atoms with Crippen LogP contribution in [0.3, 0.4) is 0 Å². The first-order chi connectivity index (χ1) is 14.1. The molecule has 5 heteroatoms. The van der Waals surface area contributed by atoms with E-state index in [-0.39, 0.29) is 6.04 Å². The SMILES string of the molecule is CC(c1c(Cl)cc(Cl)cc1-c1ccccc1)N(c1cccnc1)c1cccnc1. The van der Waals surface area contributed by atoms with Crippen molar-refractivity contribution in [1.82, 2.24) is 9.97 Å². The quantitative estimate of drug-likeness (QED) is 0.338. The normalized spacial score (nSPS) is 11.8. The number of anilines is 2. The van der Waals surface area contributed by atoms with Gasteiger partial charge in [0, 0.05) is 28.0 Å². The van der Waals surface area contributed by atoms with Crippen molar-refractivity contribution in [2.75, 3.05) is 4.90 Å². The fraction of sp³-hybridized carbons (Fsp3) is 0.0833. The van der Waals surface area contributed by atoms with Crippen molar-refractivity contribution in [1.29, 1.82) is 0 Å². The molecule has 0 aliphatic heterocycles. The molecule has 3 nitrogen and oxygen atoms in total. The number of nitrogens with zero attached hydrogens (tertiary/aromatic N) is 3. The predicted octanol–water partition coefficient (Wildman–Crippen LogP) is 7.35. The van der Waals surface area contributed by atoms with Crippen LogP contribution in [0.5, 0.6) is 0 Å².